The van der Waals surface area contributed by atoms with Crippen molar-refractivity contribution in [3.63, 3.8) is 0 Å². The monoisotopic (exact) mass is 434 g/mol. The molecular weight excluding hydrogens is 415 g/mol. The SMILES string of the molecule is Cc1c(-c2ccccc2)noc1-c1nc(-c2ccc(CN3CC(C(=O)O)C3)c(F)c2)no1. The van der Waals surface area contributed by atoms with E-state index in [9.17, 15) is 9.18 Å². The quantitative estimate of drug-likeness (QED) is 0.485. The third kappa shape index (κ3) is 3.67. The van der Waals surface area contributed by atoms with Crippen molar-refractivity contribution >= 4 is 5.97 Å². The number of halogens is 1. The van der Waals surface area contributed by atoms with Crippen molar-refractivity contribution in [1.29, 1.82) is 0 Å². The van der Waals surface area contributed by atoms with Gasteiger partial charge < -0.3 is 14.2 Å². The average Bonchev–Trinajstić information content (AvgIpc) is 3.38. The molecule has 1 saturated heterocycles. The Morgan fingerprint density at radius 3 is 2.62 bits per heavy atom. The van der Waals surface area contributed by atoms with Crippen molar-refractivity contribution in [2.24, 2.45) is 5.92 Å². The highest BCUT2D eigenvalue weighted by Gasteiger charge is 2.32. The van der Waals surface area contributed by atoms with E-state index >= 15 is 0 Å². The number of hydrogen-bond donors (Lipinski definition) is 1. The predicted molar refractivity (Wildman–Crippen MR) is 112 cm³/mol. The number of carboxylic acids is 1. The molecule has 9 heteroatoms. The van der Waals surface area contributed by atoms with Crippen LogP contribution >= 0.6 is 0 Å². The predicted octanol–water partition coefficient (Wildman–Crippen LogP) is 4.02. The maximum absolute atomic E-state index is 14.6. The number of rotatable bonds is 6. The molecule has 0 radical (unpaired) electrons. The van der Waals surface area contributed by atoms with Crippen LogP contribution in [-0.4, -0.2) is 44.4 Å². The lowest BCUT2D eigenvalue weighted by Gasteiger charge is -2.36. The van der Waals surface area contributed by atoms with Gasteiger partial charge in [-0.2, -0.15) is 4.98 Å². The smallest absolute Gasteiger partial charge is 0.309 e. The third-order valence-electron chi connectivity index (χ3n) is 5.60. The number of aromatic nitrogens is 3. The van der Waals surface area contributed by atoms with E-state index in [0.717, 1.165) is 11.1 Å². The van der Waals surface area contributed by atoms with Gasteiger partial charge in [0, 0.05) is 41.9 Å². The Hall–Kier alpha value is -3.85. The van der Waals surface area contributed by atoms with Gasteiger partial charge in [0.25, 0.3) is 5.89 Å². The Labute approximate surface area is 182 Å². The second kappa shape index (κ2) is 8.01. The van der Waals surface area contributed by atoms with Gasteiger partial charge in [-0.25, -0.2) is 4.39 Å². The van der Waals surface area contributed by atoms with E-state index in [-0.39, 0.29) is 17.6 Å². The van der Waals surface area contributed by atoms with Gasteiger partial charge >= 0.3 is 5.97 Å². The van der Waals surface area contributed by atoms with Crippen LogP contribution in [0.5, 0.6) is 0 Å². The van der Waals surface area contributed by atoms with Crippen molar-refractivity contribution in [3.05, 3.63) is 65.5 Å². The maximum atomic E-state index is 14.6. The molecule has 32 heavy (non-hydrogen) atoms. The van der Waals surface area contributed by atoms with E-state index < -0.39 is 11.8 Å². The number of aliphatic carboxylic acids is 1. The summed E-state index contributed by atoms with van der Waals surface area (Å²) in [4.78, 5) is 17.2. The molecule has 2 aromatic heterocycles. The van der Waals surface area contributed by atoms with Gasteiger partial charge in [-0.3, -0.25) is 9.69 Å². The van der Waals surface area contributed by atoms with Crippen LogP contribution in [0.25, 0.3) is 34.3 Å². The fourth-order valence-electron chi connectivity index (χ4n) is 3.74. The molecule has 2 aromatic carbocycles. The fraction of sp³-hybridized carbons (Fsp3) is 0.217. The number of nitrogens with zero attached hydrogens (tertiary/aromatic N) is 4. The summed E-state index contributed by atoms with van der Waals surface area (Å²) < 4.78 is 25.4. The Balaban J connectivity index is 1.34. The Kier molecular flexibility index (Phi) is 5.02. The summed E-state index contributed by atoms with van der Waals surface area (Å²) >= 11 is 0. The molecular formula is C23H19FN4O4. The van der Waals surface area contributed by atoms with E-state index in [2.05, 4.69) is 15.3 Å². The topological polar surface area (TPSA) is 105 Å². The second-order valence-corrected chi connectivity index (χ2v) is 7.81. The minimum absolute atomic E-state index is 0.164. The maximum Gasteiger partial charge on any atom is 0.309 e. The first-order valence-corrected chi connectivity index (χ1v) is 10.1. The number of benzene rings is 2. The number of carboxylic acid groups (broad SMARTS) is 1. The summed E-state index contributed by atoms with van der Waals surface area (Å²) in [5, 5.41) is 17.0. The Morgan fingerprint density at radius 2 is 1.91 bits per heavy atom. The van der Waals surface area contributed by atoms with Crippen LogP contribution in [0.2, 0.25) is 0 Å². The molecule has 0 aliphatic carbocycles. The molecule has 0 atom stereocenters. The molecule has 3 heterocycles. The van der Waals surface area contributed by atoms with E-state index in [1.165, 1.54) is 6.07 Å². The van der Waals surface area contributed by atoms with Crippen molar-refractivity contribution in [3.8, 4) is 34.3 Å². The molecule has 4 aromatic rings. The number of carbonyl (C=O) groups is 1. The highest BCUT2D eigenvalue weighted by molar-refractivity contribution is 5.71. The van der Waals surface area contributed by atoms with Crippen LogP contribution in [0.4, 0.5) is 4.39 Å². The fourth-order valence-corrected chi connectivity index (χ4v) is 3.74. The normalized spacial score (nSPS) is 14.4. The summed E-state index contributed by atoms with van der Waals surface area (Å²) in [7, 11) is 0. The first kappa shape index (κ1) is 20.1. The molecule has 1 N–H and O–H groups in total. The molecule has 0 spiro atoms. The highest BCUT2D eigenvalue weighted by Crippen LogP contribution is 2.32. The molecule has 162 valence electrons. The van der Waals surface area contributed by atoms with Crippen molar-refractivity contribution < 1.29 is 23.3 Å². The third-order valence-corrected chi connectivity index (χ3v) is 5.60. The molecule has 8 nitrogen and oxygen atoms in total. The average molecular weight is 434 g/mol. The lowest BCUT2D eigenvalue weighted by Crippen LogP contribution is -2.49. The molecule has 0 unspecified atom stereocenters. The summed E-state index contributed by atoms with van der Waals surface area (Å²) in [6.07, 6.45) is 0. The van der Waals surface area contributed by atoms with E-state index in [0.29, 0.717) is 42.2 Å². The Morgan fingerprint density at radius 1 is 1.12 bits per heavy atom. The zero-order valence-corrected chi connectivity index (χ0v) is 17.2. The van der Waals surface area contributed by atoms with Crippen LogP contribution in [0.1, 0.15) is 11.1 Å². The van der Waals surface area contributed by atoms with E-state index in [4.69, 9.17) is 14.2 Å². The zero-order valence-electron chi connectivity index (χ0n) is 17.2. The van der Waals surface area contributed by atoms with Crippen LogP contribution in [0.15, 0.2) is 57.6 Å². The van der Waals surface area contributed by atoms with Gasteiger partial charge in [-0.05, 0) is 13.0 Å². The Bertz CT molecular complexity index is 1280. The minimum atomic E-state index is -0.817. The molecule has 1 fully saturated rings. The largest absolute Gasteiger partial charge is 0.481 e. The zero-order chi connectivity index (χ0) is 22.2. The molecule has 0 saturated carbocycles. The molecule has 1 aliphatic heterocycles. The van der Waals surface area contributed by atoms with Crippen LogP contribution in [0.3, 0.4) is 0 Å². The number of hydrogen-bond acceptors (Lipinski definition) is 7. The van der Waals surface area contributed by atoms with Gasteiger partial charge in [0.2, 0.25) is 11.6 Å². The molecule has 1 aliphatic rings. The van der Waals surface area contributed by atoms with Gasteiger partial charge in [0.1, 0.15) is 11.5 Å². The number of likely N-dealkylation sites (tertiary alicyclic amines) is 1. The molecule has 0 bridgehead atoms. The van der Waals surface area contributed by atoms with Crippen molar-refractivity contribution in [2.75, 3.05) is 13.1 Å². The van der Waals surface area contributed by atoms with Gasteiger partial charge in [-0.1, -0.05) is 52.8 Å². The van der Waals surface area contributed by atoms with Crippen LogP contribution < -0.4 is 0 Å². The minimum Gasteiger partial charge on any atom is -0.481 e. The van der Waals surface area contributed by atoms with Crippen LogP contribution in [-0.2, 0) is 11.3 Å². The molecule has 0 amide bonds. The second-order valence-electron chi connectivity index (χ2n) is 7.81. The van der Waals surface area contributed by atoms with Crippen molar-refractivity contribution in [1.82, 2.24) is 20.2 Å². The van der Waals surface area contributed by atoms with E-state index in [1.54, 1.807) is 12.1 Å². The van der Waals surface area contributed by atoms with E-state index in [1.807, 2.05) is 42.2 Å². The summed E-state index contributed by atoms with van der Waals surface area (Å²) in [6, 6.07) is 14.3. The lowest BCUT2D eigenvalue weighted by atomic mass is 9.99. The van der Waals surface area contributed by atoms with Gasteiger partial charge in [-0.15, -0.1) is 0 Å². The van der Waals surface area contributed by atoms with Gasteiger partial charge in [0.05, 0.1) is 5.92 Å². The van der Waals surface area contributed by atoms with Crippen LogP contribution in [0, 0.1) is 18.7 Å². The molecule has 5 rings (SSSR count). The van der Waals surface area contributed by atoms with Gasteiger partial charge in [0.15, 0.2) is 0 Å². The summed E-state index contributed by atoms with van der Waals surface area (Å²) in [6.45, 7) is 3.06. The first-order chi connectivity index (χ1) is 15.5. The standard InChI is InChI=1S/C23H19FN4O4/c1-13-19(14-5-3-2-4-6-14)26-31-20(13)22-25-21(27-32-22)15-7-8-16(18(24)9-15)10-28-11-17(12-28)23(29)30/h2-9,17H,10-12H2,1H3,(H,29,30). The highest BCUT2D eigenvalue weighted by atomic mass is 19.1. The lowest BCUT2D eigenvalue weighted by molar-refractivity contribution is -0.147. The first-order valence-electron chi connectivity index (χ1n) is 10.1. The summed E-state index contributed by atoms with van der Waals surface area (Å²) in [5.74, 6) is -0.838. The summed E-state index contributed by atoms with van der Waals surface area (Å²) in [5.41, 5.74) is 3.32. The van der Waals surface area contributed by atoms with Crippen molar-refractivity contribution in [2.45, 2.75) is 13.5 Å².